The zero-order chi connectivity index (χ0) is 20.2. The van der Waals surface area contributed by atoms with Gasteiger partial charge in [0.2, 0.25) is 5.95 Å². The van der Waals surface area contributed by atoms with Crippen LogP contribution in [0.1, 0.15) is 43.6 Å². The molecule has 0 spiro atoms. The van der Waals surface area contributed by atoms with Gasteiger partial charge in [-0.15, -0.1) is 5.10 Å². The van der Waals surface area contributed by atoms with Gasteiger partial charge in [-0.2, -0.15) is 5.10 Å². The molecule has 154 valence electrons. The highest BCUT2D eigenvalue weighted by Gasteiger charge is 2.20. The third kappa shape index (κ3) is 4.13. The molecule has 6 nitrogen and oxygen atoms in total. The van der Waals surface area contributed by atoms with Gasteiger partial charge in [0, 0.05) is 49.8 Å². The molecule has 0 unspecified atom stereocenters. The number of piperazine rings is 1. The minimum Gasteiger partial charge on any atom is -0.368 e. The molecule has 1 saturated heterocycles. The van der Waals surface area contributed by atoms with Gasteiger partial charge in [0.15, 0.2) is 0 Å². The van der Waals surface area contributed by atoms with Crippen molar-refractivity contribution in [1.29, 1.82) is 0 Å². The number of aromatic nitrogens is 4. The number of nitrogens with zero attached hydrogens (tertiary/aromatic N) is 6. The molecule has 0 radical (unpaired) electrons. The van der Waals surface area contributed by atoms with E-state index in [-0.39, 0.29) is 0 Å². The summed E-state index contributed by atoms with van der Waals surface area (Å²) in [5.41, 5.74) is 4.69. The smallest absolute Gasteiger partial charge is 0.246 e. The van der Waals surface area contributed by atoms with Crippen molar-refractivity contribution in [2.45, 2.75) is 38.0 Å². The van der Waals surface area contributed by atoms with Crippen molar-refractivity contribution in [1.82, 2.24) is 20.2 Å². The van der Waals surface area contributed by atoms with Crippen LogP contribution in [0.4, 0.5) is 11.6 Å². The molecule has 2 aromatic heterocycles. The molecule has 6 heteroatoms. The molecular weight excluding hydrogens is 372 g/mol. The molecule has 1 aliphatic heterocycles. The Morgan fingerprint density at radius 2 is 1.47 bits per heavy atom. The Hall–Kier alpha value is -3.02. The normalized spacial score (nSPS) is 17.9. The Kier molecular flexibility index (Phi) is 5.55. The predicted molar refractivity (Wildman–Crippen MR) is 120 cm³/mol. The van der Waals surface area contributed by atoms with E-state index < -0.39 is 0 Å². The molecule has 3 aromatic rings. The first kappa shape index (κ1) is 19.0. The zero-order valence-electron chi connectivity index (χ0n) is 17.3. The van der Waals surface area contributed by atoms with Gasteiger partial charge in [-0.3, -0.25) is 4.98 Å². The van der Waals surface area contributed by atoms with Crippen LogP contribution >= 0.6 is 0 Å². The summed E-state index contributed by atoms with van der Waals surface area (Å²) >= 11 is 0. The molecular formula is C24H28N6. The Balaban J connectivity index is 1.27. The highest BCUT2D eigenvalue weighted by Crippen LogP contribution is 2.33. The zero-order valence-corrected chi connectivity index (χ0v) is 17.3. The van der Waals surface area contributed by atoms with E-state index in [1.165, 1.54) is 43.4 Å². The monoisotopic (exact) mass is 400 g/mol. The molecule has 0 atom stereocenters. The fourth-order valence-corrected chi connectivity index (χ4v) is 4.65. The van der Waals surface area contributed by atoms with Crippen LogP contribution in [0.3, 0.4) is 0 Å². The highest BCUT2D eigenvalue weighted by molar-refractivity contribution is 5.60. The van der Waals surface area contributed by atoms with Crippen LogP contribution < -0.4 is 9.80 Å². The standard InChI is InChI=1S/C24H28N6/c1-2-4-19(5-3-1)20-6-8-21(9-7-20)23-18-26-28-24(27-23)30-16-14-29(15-17-30)22-10-12-25-13-11-22/h6-13,18-19H,1-5,14-17H2. The van der Waals surface area contributed by atoms with E-state index in [1.54, 1.807) is 6.20 Å². The van der Waals surface area contributed by atoms with E-state index in [4.69, 9.17) is 4.98 Å². The number of hydrogen-bond donors (Lipinski definition) is 0. The molecule has 30 heavy (non-hydrogen) atoms. The van der Waals surface area contributed by atoms with Gasteiger partial charge in [0.05, 0.1) is 11.9 Å². The topological polar surface area (TPSA) is 58.0 Å². The average molecular weight is 401 g/mol. The number of anilines is 2. The summed E-state index contributed by atoms with van der Waals surface area (Å²) in [6.07, 6.45) is 12.2. The summed E-state index contributed by atoms with van der Waals surface area (Å²) in [6.45, 7) is 3.64. The molecule has 0 amide bonds. The van der Waals surface area contributed by atoms with E-state index in [0.29, 0.717) is 0 Å². The van der Waals surface area contributed by atoms with Gasteiger partial charge in [0.1, 0.15) is 0 Å². The first-order valence-electron chi connectivity index (χ1n) is 11.1. The van der Waals surface area contributed by atoms with Gasteiger partial charge in [-0.1, -0.05) is 43.5 Å². The van der Waals surface area contributed by atoms with Crippen LogP contribution in [-0.2, 0) is 0 Å². The summed E-state index contributed by atoms with van der Waals surface area (Å²) in [4.78, 5) is 13.5. The van der Waals surface area contributed by atoms with E-state index in [9.17, 15) is 0 Å². The van der Waals surface area contributed by atoms with E-state index >= 15 is 0 Å². The first-order valence-corrected chi connectivity index (χ1v) is 11.1. The molecule has 0 N–H and O–H groups in total. The van der Waals surface area contributed by atoms with E-state index in [1.807, 2.05) is 12.4 Å². The Labute approximate surface area is 178 Å². The largest absolute Gasteiger partial charge is 0.368 e. The van der Waals surface area contributed by atoms with Crippen molar-refractivity contribution in [2.24, 2.45) is 0 Å². The van der Waals surface area contributed by atoms with Crippen molar-refractivity contribution >= 4 is 11.6 Å². The van der Waals surface area contributed by atoms with Crippen LogP contribution in [0.25, 0.3) is 11.3 Å². The van der Waals surface area contributed by atoms with Crippen molar-refractivity contribution in [2.75, 3.05) is 36.0 Å². The number of benzene rings is 1. The molecule has 1 aromatic carbocycles. The molecule has 5 rings (SSSR count). The number of rotatable bonds is 4. The lowest BCUT2D eigenvalue weighted by atomic mass is 9.84. The summed E-state index contributed by atoms with van der Waals surface area (Å²) in [5.74, 6) is 1.45. The lowest BCUT2D eigenvalue weighted by Crippen LogP contribution is -2.47. The minimum atomic E-state index is 0.721. The first-order chi connectivity index (χ1) is 14.9. The summed E-state index contributed by atoms with van der Waals surface area (Å²) in [6, 6.07) is 13.1. The average Bonchev–Trinajstić information content (AvgIpc) is 2.85. The Bertz CT molecular complexity index is 945. The van der Waals surface area contributed by atoms with Crippen molar-refractivity contribution in [3.05, 3.63) is 60.6 Å². The van der Waals surface area contributed by atoms with Crippen LogP contribution in [-0.4, -0.2) is 46.3 Å². The quantitative estimate of drug-likeness (QED) is 0.650. The maximum Gasteiger partial charge on any atom is 0.246 e. The molecule has 1 aliphatic carbocycles. The van der Waals surface area contributed by atoms with Crippen molar-refractivity contribution < 1.29 is 0 Å². The van der Waals surface area contributed by atoms with Crippen LogP contribution in [0.15, 0.2) is 55.0 Å². The lowest BCUT2D eigenvalue weighted by molar-refractivity contribution is 0.443. The third-order valence-corrected chi connectivity index (χ3v) is 6.42. The molecule has 3 heterocycles. The maximum atomic E-state index is 4.83. The van der Waals surface area contributed by atoms with Gasteiger partial charge in [-0.05, 0) is 36.5 Å². The molecule has 2 aliphatic rings. The Morgan fingerprint density at radius 3 is 2.20 bits per heavy atom. The second-order valence-corrected chi connectivity index (χ2v) is 8.28. The van der Waals surface area contributed by atoms with Gasteiger partial charge < -0.3 is 9.80 Å². The summed E-state index contributed by atoms with van der Waals surface area (Å²) < 4.78 is 0. The van der Waals surface area contributed by atoms with Crippen LogP contribution in [0.2, 0.25) is 0 Å². The fourth-order valence-electron chi connectivity index (χ4n) is 4.65. The summed E-state index contributed by atoms with van der Waals surface area (Å²) in [5, 5.41) is 8.56. The number of hydrogen-bond acceptors (Lipinski definition) is 6. The maximum absolute atomic E-state index is 4.83. The van der Waals surface area contributed by atoms with E-state index in [2.05, 4.69) is 61.4 Å². The van der Waals surface area contributed by atoms with Crippen LogP contribution in [0, 0.1) is 0 Å². The minimum absolute atomic E-state index is 0.721. The fraction of sp³-hybridized carbons (Fsp3) is 0.417. The molecule has 2 fully saturated rings. The van der Waals surface area contributed by atoms with Crippen molar-refractivity contribution in [3.63, 3.8) is 0 Å². The number of pyridine rings is 1. The van der Waals surface area contributed by atoms with Gasteiger partial charge in [0.25, 0.3) is 0 Å². The highest BCUT2D eigenvalue weighted by atomic mass is 15.4. The predicted octanol–water partition coefficient (Wildman–Crippen LogP) is 4.31. The Morgan fingerprint density at radius 1 is 0.767 bits per heavy atom. The SMILES string of the molecule is c1cc(N2CCN(c3nncc(-c4ccc(C5CCCCC5)cc4)n3)CC2)ccn1. The third-order valence-electron chi connectivity index (χ3n) is 6.42. The van der Waals surface area contributed by atoms with Crippen molar-refractivity contribution in [3.8, 4) is 11.3 Å². The van der Waals surface area contributed by atoms with Gasteiger partial charge in [-0.25, -0.2) is 4.98 Å². The lowest BCUT2D eigenvalue weighted by Gasteiger charge is -2.35. The molecule has 0 bridgehead atoms. The van der Waals surface area contributed by atoms with E-state index in [0.717, 1.165) is 49.3 Å². The van der Waals surface area contributed by atoms with Crippen LogP contribution in [0.5, 0.6) is 0 Å². The molecule has 1 saturated carbocycles. The van der Waals surface area contributed by atoms with Gasteiger partial charge >= 0.3 is 0 Å². The summed E-state index contributed by atoms with van der Waals surface area (Å²) in [7, 11) is 0. The second-order valence-electron chi connectivity index (χ2n) is 8.28. The second kappa shape index (κ2) is 8.78.